The molecule has 0 radical (unpaired) electrons. The van der Waals surface area contributed by atoms with E-state index >= 15 is 0 Å². The number of hydrogen-bond donors (Lipinski definition) is 1. The molecule has 2 heterocycles. The van der Waals surface area contributed by atoms with Crippen molar-refractivity contribution in [1.82, 2.24) is 4.90 Å². The van der Waals surface area contributed by atoms with E-state index in [1.165, 1.54) is 0 Å². The SMILES string of the molecule is CC(C)(C)OC(=O)N1[C@H]2CC[C@H](CN)[C@H]1CC2. The van der Waals surface area contributed by atoms with Gasteiger partial charge in [-0.25, -0.2) is 4.79 Å². The number of rotatable bonds is 1. The summed E-state index contributed by atoms with van der Waals surface area (Å²) in [5.41, 5.74) is 5.39. The van der Waals surface area contributed by atoms with Crippen LogP contribution in [0.25, 0.3) is 0 Å². The Hall–Kier alpha value is -0.770. The number of piperidine rings is 1. The van der Waals surface area contributed by atoms with Gasteiger partial charge in [0, 0.05) is 12.1 Å². The molecule has 17 heavy (non-hydrogen) atoms. The van der Waals surface area contributed by atoms with E-state index in [2.05, 4.69) is 0 Å². The van der Waals surface area contributed by atoms with Crippen molar-refractivity contribution in [3.8, 4) is 0 Å². The van der Waals surface area contributed by atoms with Gasteiger partial charge in [-0.05, 0) is 58.9 Å². The van der Waals surface area contributed by atoms with Crippen LogP contribution in [0.4, 0.5) is 4.79 Å². The van der Waals surface area contributed by atoms with E-state index in [1.807, 2.05) is 25.7 Å². The molecule has 2 rings (SSSR count). The third kappa shape index (κ3) is 2.57. The molecule has 2 N–H and O–H groups in total. The molecule has 2 bridgehead atoms. The van der Waals surface area contributed by atoms with Crippen LogP contribution in [0.2, 0.25) is 0 Å². The summed E-state index contributed by atoms with van der Waals surface area (Å²) in [4.78, 5) is 14.2. The summed E-state index contributed by atoms with van der Waals surface area (Å²) < 4.78 is 5.50. The Kier molecular flexibility index (Phi) is 3.34. The lowest BCUT2D eigenvalue weighted by Crippen LogP contribution is -2.51. The van der Waals surface area contributed by atoms with Crippen LogP contribution in [0.15, 0.2) is 0 Å². The second-order valence-corrected chi connectivity index (χ2v) is 6.26. The van der Waals surface area contributed by atoms with E-state index in [4.69, 9.17) is 10.5 Å². The zero-order chi connectivity index (χ0) is 12.6. The van der Waals surface area contributed by atoms with Crippen LogP contribution in [0.1, 0.15) is 46.5 Å². The lowest BCUT2D eigenvalue weighted by molar-refractivity contribution is -0.000499. The van der Waals surface area contributed by atoms with Crippen molar-refractivity contribution >= 4 is 6.09 Å². The second-order valence-electron chi connectivity index (χ2n) is 6.26. The Morgan fingerprint density at radius 2 is 1.94 bits per heavy atom. The number of amides is 1. The molecule has 0 aromatic carbocycles. The number of hydrogen-bond acceptors (Lipinski definition) is 3. The maximum Gasteiger partial charge on any atom is 0.410 e. The van der Waals surface area contributed by atoms with Gasteiger partial charge in [0.15, 0.2) is 0 Å². The average Bonchev–Trinajstić information content (AvgIpc) is 2.52. The summed E-state index contributed by atoms with van der Waals surface area (Å²) in [5.74, 6) is 0.460. The van der Waals surface area contributed by atoms with Gasteiger partial charge in [0.25, 0.3) is 0 Å². The van der Waals surface area contributed by atoms with Crippen molar-refractivity contribution in [1.29, 1.82) is 0 Å². The quantitative estimate of drug-likeness (QED) is 0.764. The monoisotopic (exact) mass is 240 g/mol. The van der Waals surface area contributed by atoms with Gasteiger partial charge in [0.2, 0.25) is 0 Å². The van der Waals surface area contributed by atoms with Gasteiger partial charge in [0.05, 0.1) is 0 Å². The molecule has 2 aliphatic heterocycles. The Morgan fingerprint density at radius 1 is 1.29 bits per heavy atom. The lowest BCUT2D eigenvalue weighted by Gasteiger charge is -2.40. The van der Waals surface area contributed by atoms with Gasteiger partial charge in [0.1, 0.15) is 5.60 Å². The first kappa shape index (κ1) is 12.7. The minimum absolute atomic E-state index is 0.150. The van der Waals surface area contributed by atoms with Crippen molar-refractivity contribution in [2.24, 2.45) is 11.7 Å². The van der Waals surface area contributed by atoms with Crippen molar-refractivity contribution in [3.63, 3.8) is 0 Å². The van der Waals surface area contributed by atoms with Crippen molar-refractivity contribution in [2.45, 2.75) is 64.1 Å². The summed E-state index contributed by atoms with van der Waals surface area (Å²) in [6, 6.07) is 0.700. The molecule has 0 aromatic heterocycles. The van der Waals surface area contributed by atoms with Crippen LogP contribution >= 0.6 is 0 Å². The predicted octanol–water partition coefficient (Wildman–Crippen LogP) is 2.12. The summed E-state index contributed by atoms with van der Waals surface area (Å²) in [6.45, 7) is 6.42. The number of nitrogens with zero attached hydrogens (tertiary/aromatic N) is 1. The molecule has 98 valence electrons. The van der Waals surface area contributed by atoms with Crippen molar-refractivity contribution < 1.29 is 9.53 Å². The maximum absolute atomic E-state index is 12.2. The number of fused-ring (bicyclic) bond motifs is 2. The second kappa shape index (κ2) is 4.48. The summed E-state index contributed by atoms with van der Waals surface area (Å²) in [5, 5.41) is 0. The fraction of sp³-hybridized carbons (Fsp3) is 0.923. The highest BCUT2D eigenvalue weighted by atomic mass is 16.6. The van der Waals surface area contributed by atoms with Crippen LogP contribution in [0.5, 0.6) is 0 Å². The Balaban J connectivity index is 2.07. The molecule has 4 heteroatoms. The Bertz CT molecular complexity index is 298. The molecule has 3 atom stereocenters. The number of ether oxygens (including phenoxy) is 1. The van der Waals surface area contributed by atoms with Crippen LogP contribution in [-0.4, -0.2) is 35.2 Å². The van der Waals surface area contributed by atoms with E-state index in [0.29, 0.717) is 24.5 Å². The predicted molar refractivity (Wildman–Crippen MR) is 66.7 cm³/mol. The van der Waals surface area contributed by atoms with Crippen LogP contribution in [-0.2, 0) is 4.74 Å². The number of nitrogens with two attached hydrogens (primary N) is 1. The molecule has 2 aliphatic rings. The number of carbonyl (C=O) groups is 1. The van der Waals surface area contributed by atoms with Gasteiger partial charge in [-0.1, -0.05) is 0 Å². The zero-order valence-electron chi connectivity index (χ0n) is 11.1. The van der Waals surface area contributed by atoms with Crippen molar-refractivity contribution in [3.05, 3.63) is 0 Å². The van der Waals surface area contributed by atoms with Gasteiger partial charge in [-0.3, -0.25) is 0 Å². The van der Waals surface area contributed by atoms with Gasteiger partial charge in [-0.15, -0.1) is 0 Å². The number of carbonyl (C=O) groups excluding carboxylic acids is 1. The highest BCUT2D eigenvalue weighted by Crippen LogP contribution is 2.39. The first-order chi connectivity index (χ1) is 7.92. The molecule has 1 amide bonds. The van der Waals surface area contributed by atoms with E-state index in [1.54, 1.807) is 0 Å². The topological polar surface area (TPSA) is 55.6 Å². The van der Waals surface area contributed by atoms with Crippen LogP contribution in [0.3, 0.4) is 0 Å². The largest absolute Gasteiger partial charge is 0.444 e. The third-order valence-corrected chi connectivity index (χ3v) is 3.87. The molecule has 2 saturated heterocycles. The maximum atomic E-state index is 12.2. The first-order valence-electron chi connectivity index (χ1n) is 6.64. The van der Waals surface area contributed by atoms with Crippen LogP contribution in [0, 0.1) is 5.92 Å². The zero-order valence-corrected chi connectivity index (χ0v) is 11.1. The van der Waals surface area contributed by atoms with Crippen LogP contribution < -0.4 is 5.73 Å². The molecule has 0 aliphatic carbocycles. The van der Waals surface area contributed by atoms with Gasteiger partial charge < -0.3 is 15.4 Å². The highest BCUT2D eigenvalue weighted by molar-refractivity contribution is 5.69. The molecule has 0 unspecified atom stereocenters. The highest BCUT2D eigenvalue weighted by Gasteiger charge is 2.45. The molecular weight excluding hydrogens is 216 g/mol. The fourth-order valence-corrected chi connectivity index (χ4v) is 3.13. The summed E-state index contributed by atoms with van der Waals surface area (Å²) >= 11 is 0. The fourth-order valence-electron chi connectivity index (χ4n) is 3.13. The minimum atomic E-state index is -0.411. The van der Waals surface area contributed by atoms with E-state index in [-0.39, 0.29) is 6.09 Å². The average molecular weight is 240 g/mol. The van der Waals surface area contributed by atoms with E-state index < -0.39 is 5.60 Å². The summed E-state index contributed by atoms with van der Waals surface area (Å²) in [6.07, 6.45) is 4.29. The summed E-state index contributed by atoms with van der Waals surface area (Å²) in [7, 11) is 0. The van der Waals surface area contributed by atoms with Gasteiger partial charge in [-0.2, -0.15) is 0 Å². The lowest BCUT2D eigenvalue weighted by atomic mass is 9.91. The van der Waals surface area contributed by atoms with Gasteiger partial charge >= 0.3 is 6.09 Å². The minimum Gasteiger partial charge on any atom is -0.444 e. The normalized spacial score (nSPS) is 32.7. The smallest absolute Gasteiger partial charge is 0.410 e. The molecular formula is C13H24N2O2. The third-order valence-electron chi connectivity index (χ3n) is 3.87. The first-order valence-corrected chi connectivity index (χ1v) is 6.64. The Morgan fingerprint density at radius 3 is 2.53 bits per heavy atom. The molecule has 2 fully saturated rings. The molecule has 0 spiro atoms. The van der Waals surface area contributed by atoms with Crippen molar-refractivity contribution in [2.75, 3.05) is 6.54 Å². The van der Waals surface area contributed by atoms with E-state index in [0.717, 1.165) is 25.7 Å². The van der Waals surface area contributed by atoms with E-state index in [9.17, 15) is 4.79 Å². The molecule has 0 aromatic rings. The molecule has 0 saturated carbocycles. The standard InChI is InChI=1S/C13H24N2O2/c1-13(2,3)17-12(16)15-10-5-4-9(8-14)11(15)7-6-10/h9-11H,4-8,14H2,1-3H3/t9-,10+,11-/m1/s1. The molecule has 4 nitrogen and oxygen atoms in total. The Labute approximate surface area is 103 Å².